The number of carbonyl (C=O) groups excluding carboxylic acids is 2. The molecule has 20 heavy (non-hydrogen) atoms. The fraction of sp³-hybridized carbons (Fsp3) is 0.357. The molecule has 0 aliphatic heterocycles. The molecule has 0 saturated heterocycles. The molecule has 6 nitrogen and oxygen atoms in total. The lowest BCUT2D eigenvalue weighted by atomic mass is 10.2. The van der Waals surface area contributed by atoms with Gasteiger partial charge in [-0.05, 0) is 12.5 Å². The molecule has 2 amide bonds. The predicted octanol–water partition coefficient (Wildman–Crippen LogP) is 1.42. The molecule has 1 aromatic rings. The molecule has 108 valence electrons. The van der Waals surface area contributed by atoms with Gasteiger partial charge in [-0.25, -0.2) is 9.79 Å². The maximum atomic E-state index is 11.6. The second-order valence-electron chi connectivity index (χ2n) is 4.47. The Morgan fingerprint density at radius 3 is 2.60 bits per heavy atom. The molecule has 0 aliphatic rings. The lowest BCUT2D eigenvalue weighted by Crippen LogP contribution is -2.38. The van der Waals surface area contributed by atoms with Gasteiger partial charge in [0.15, 0.2) is 0 Å². The highest BCUT2D eigenvalue weighted by atomic mass is 16.5. The van der Waals surface area contributed by atoms with E-state index in [1.165, 1.54) is 6.34 Å². The number of carbonyl (C=O) groups is 2. The molecule has 0 radical (unpaired) electrons. The van der Waals surface area contributed by atoms with Crippen molar-refractivity contribution in [3.8, 4) is 0 Å². The van der Waals surface area contributed by atoms with E-state index < -0.39 is 18.0 Å². The van der Waals surface area contributed by atoms with E-state index in [9.17, 15) is 9.59 Å². The summed E-state index contributed by atoms with van der Waals surface area (Å²) < 4.78 is 5.01. The van der Waals surface area contributed by atoms with Crippen LogP contribution in [0.4, 0.5) is 4.79 Å². The van der Waals surface area contributed by atoms with Crippen molar-refractivity contribution >= 4 is 18.3 Å². The van der Waals surface area contributed by atoms with E-state index in [-0.39, 0.29) is 6.61 Å². The van der Waals surface area contributed by atoms with Crippen molar-refractivity contribution in [2.24, 2.45) is 4.99 Å². The Morgan fingerprint density at radius 1 is 1.35 bits per heavy atom. The van der Waals surface area contributed by atoms with Gasteiger partial charge in [0.1, 0.15) is 12.6 Å². The normalized spacial score (nSPS) is 11.9. The Morgan fingerprint density at radius 2 is 2.00 bits per heavy atom. The lowest BCUT2D eigenvalue weighted by molar-refractivity contribution is -0.119. The fourth-order valence-electron chi connectivity index (χ4n) is 1.29. The number of nitrogens with zero attached hydrogens (tertiary/aromatic N) is 2. The van der Waals surface area contributed by atoms with Gasteiger partial charge in [-0.3, -0.25) is 4.79 Å². The molecule has 0 saturated carbocycles. The highest BCUT2D eigenvalue weighted by molar-refractivity contribution is 5.90. The smallest absolute Gasteiger partial charge is 0.408 e. The molecule has 0 fully saturated rings. The van der Waals surface area contributed by atoms with Crippen LogP contribution in [0.5, 0.6) is 0 Å². The lowest BCUT2D eigenvalue weighted by Gasteiger charge is -2.11. The van der Waals surface area contributed by atoms with Crippen LogP contribution < -0.4 is 5.32 Å². The highest BCUT2D eigenvalue weighted by Crippen LogP contribution is 2.00. The van der Waals surface area contributed by atoms with Crippen LogP contribution in [0.15, 0.2) is 35.3 Å². The molecule has 0 aromatic heterocycles. The number of hydrogen-bond acceptors (Lipinski definition) is 3. The first kappa shape index (κ1) is 15.7. The van der Waals surface area contributed by atoms with Crippen molar-refractivity contribution in [3.05, 3.63) is 35.9 Å². The third-order valence-electron chi connectivity index (χ3n) is 2.33. The first-order valence-electron chi connectivity index (χ1n) is 6.20. The third kappa shape index (κ3) is 5.99. The minimum absolute atomic E-state index is 0.161. The van der Waals surface area contributed by atoms with E-state index in [4.69, 9.17) is 4.74 Å². The van der Waals surface area contributed by atoms with Crippen LogP contribution in [-0.2, 0) is 16.1 Å². The van der Waals surface area contributed by atoms with Gasteiger partial charge in [0, 0.05) is 14.1 Å². The summed E-state index contributed by atoms with van der Waals surface area (Å²) >= 11 is 0. The van der Waals surface area contributed by atoms with Gasteiger partial charge in [0.2, 0.25) is 0 Å². The maximum Gasteiger partial charge on any atom is 0.408 e. The van der Waals surface area contributed by atoms with Crippen molar-refractivity contribution in [2.45, 2.75) is 19.6 Å². The number of benzene rings is 1. The number of hydrogen-bond donors (Lipinski definition) is 1. The Kier molecular flexibility index (Phi) is 6.22. The molecule has 0 spiro atoms. The molecule has 1 aromatic carbocycles. The van der Waals surface area contributed by atoms with Gasteiger partial charge in [-0.1, -0.05) is 30.3 Å². The molecule has 0 heterocycles. The predicted molar refractivity (Wildman–Crippen MR) is 76.4 cm³/mol. The van der Waals surface area contributed by atoms with Crippen molar-refractivity contribution in [1.82, 2.24) is 10.2 Å². The van der Waals surface area contributed by atoms with Crippen LogP contribution >= 0.6 is 0 Å². The van der Waals surface area contributed by atoms with Crippen LogP contribution in [0.3, 0.4) is 0 Å². The average Bonchev–Trinajstić information content (AvgIpc) is 2.43. The second kappa shape index (κ2) is 7.93. The van der Waals surface area contributed by atoms with Crippen LogP contribution in [0.1, 0.15) is 12.5 Å². The number of nitrogens with one attached hydrogen (secondary N) is 1. The van der Waals surface area contributed by atoms with Gasteiger partial charge >= 0.3 is 6.09 Å². The van der Waals surface area contributed by atoms with E-state index >= 15 is 0 Å². The first-order valence-corrected chi connectivity index (χ1v) is 6.20. The van der Waals surface area contributed by atoms with Crippen molar-refractivity contribution in [3.63, 3.8) is 0 Å². The number of aliphatic imine (C=N–C) groups is 1. The SMILES string of the molecule is CC(NC(=O)OCc1ccccc1)C(=O)/N=C/N(C)C. The van der Waals surface area contributed by atoms with Gasteiger partial charge in [0.25, 0.3) is 5.91 Å². The summed E-state index contributed by atoms with van der Waals surface area (Å²) in [4.78, 5) is 28.4. The van der Waals surface area contributed by atoms with E-state index in [1.807, 2.05) is 30.3 Å². The Labute approximate surface area is 118 Å². The molecule has 1 N–H and O–H groups in total. The van der Waals surface area contributed by atoms with Crippen molar-refractivity contribution in [2.75, 3.05) is 14.1 Å². The molecular formula is C14H19N3O3. The zero-order valence-electron chi connectivity index (χ0n) is 11.9. The highest BCUT2D eigenvalue weighted by Gasteiger charge is 2.15. The second-order valence-corrected chi connectivity index (χ2v) is 4.47. The summed E-state index contributed by atoms with van der Waals surface area (Å²) in [6.45, 7) is 1.72. The minimum atomic E-state index is -0.727. The number of rotatable bonds is 5. The summed E-state index contributed by atoms with van der Waals surface area (Å²) in [5.41, 5.74) is 0.882. The molecule has 0 aliphatic carbocycles. The largest absolute Gasteiger partial charge is 0.445 e. The van der Waals surface area contributed by atoms with Crippen LogP contribution in [-0.4, -0.2) is 43.4 Å². The summed E-state index contributed by atoms with van der Waals surface area (Å²) in [6, 6.07) is 8.58. The topological polar surface area (TPSA) is 71.0 Å². The molecule has 0 bridgehead atoms. The first-order chi connectivity index (χ1) is 9.49. The summed E-state index contributed by atoms with van der Waals surface area (Å²) in [6.07, 6.45) is 0.741. The molecule has 6 heteroatoms. The molecule has 1 atom stereocenters. The van der Waals surface area contributed by atoms with E-state index in [1.54, 1.807) is 25.9 Å². The monoisotopic (exact) mass is 277 g/mol. The average molecular weight is 277 g/mol. The zero-order chi connectivity index (χ0) is 15.0. The van der Waals surface area contributed by atoms with Crippen LogP contribution in [0.25, 0.3) is 0 Å². The number of ether oxygens (including phenoxy) is 1. The summed E-state index contributed by atoms with van der Waals surface area (Å²) in [5.74, 6) is -0.435. The Balaban J connectivity index is 2.36. The molecule has 1 unspecified atom stereocenters. The van der Waals surface area contributed by atoms with Gasteiger partial charge < -0.3 is 15.0 Å². The molecule has 1 rings (SSSR count). The van der Waals surface area contributed by atoms with Gasteiger partial charge in [-0.15, -0.1) is 0 Å². The maximum absolute atomic E-state index is 11.6. The minimum Gasteiger partial charge on any atom is -0.445 e. The van der Waals surface area contributed by atoms with Gasteiger partial charge in [0.05, 0.1) is 6.34 Å². The standard InChI is InChI=1S/C14H19N3O3/c1-11(13(18)15-10-17(2)3)16-14(19)20-9-12-7-5-4-6-8-12/h4-8,10-11H,9H2,1-3H3,(H,16,19)/b15-10+. The fourth-order valence-corrected chi connectivity index (χ4v) is 1.29. The summed E-state index contributed by atoms with van der Waals surface area (Å²) in [5, 5.41) is 2.43. The zero-order valence-corrected chi connectivity index (χ0v) is 11.9. The van der Waals surface area contributed by atoms with Crippen LogP contribution in [0.2, 0.25) is 0 Å². The summed E-state index contributed by atoms with van der Waals surface area (Å²) in [7, 11) is 3.51. The van der Waals surface area contributed by atoms with Crippen molar-refractivity contribution < 1.29 is 14.3 Å². The quantitative estimate of drug-likeness (QED) is 0.652. The number of amides is 2. The van der Waals surface area contributed by atoms with Crippen LogP contribution in [0, 0.1) is 0 Å². The van der Waals surface area contributed by atoms with Crippen molar-refractivity contribution in [1.29, 1.82) is 0 Å². The third-order valence-corrected chi connectivity index (χ3v) is 2.33. The van der Waals surface area contributed by atoms with E-state index in [0.717, 1.165) is 5.56 Å². The van der Waals surface area contributed by atoms with E-state index in [0.29, 0.717) is 0 Å². The Hall–Kier alpha value is -2.37. The van der Waals surface area contributed by atoms with Gasteiger partial charge in [-0.2, -0.15) is 0 Å². The number of alkyl carbamates (subject to hydrolysis) is 1. The Bertz CT molecular complexity index is 472. The molecular weight excluding hydrogens is 258 g/mol. The van der Waals surface area contributed by atoms with E-state index in [2.05, 4.69) is 10.3 Å².